The smallest absolute Gasteiger partial charge is 0.191 e. The zero-order valence-corrected chi connectivity index (χ0v) is 19.6. The van der Waals surface area contributed by atoms with E-state index in [1.165, 1.54) is 18.4 Å². The maximum atomic E-state index is 6.15. The maximum absolute atomic E-state index is 6.15. The average molecular weight is 486 g/mol. The second-order valence-corrected chi connectivity index (χ2v) is 8.27. The van der Waals surface area contributed by atoms with Gasteiger partial charge in [-0.25, -0.2) is 0 Å². The van der Waals surface area contributed by atoms with E-state index in [0.29, 0.717) is 6.04 Å². The molecule has 0 saturated heterocycles. The van der Waals surface area contributed by atoms with Crippen LogP contribution in [0.4, 0.5) is 0 Å². The number of likely N-dealkylation sites (N-methyl/N-ethyl adjacent to an activating group) is 1. The van der Waals surface area contributed by atoms with Crippen LogP contribution in [0.5, 0.6) is 5.75 Å². The van der Waals surface area contributed by atoms with E-state index in [4.69, 9.17) is 9.73 Å². The Hall–Kier alpha value is -1.02. The van der Waals surface area contributed by atoms with Crippen molar-refractivity contribution < 1.29 is 4.74 Å². The van der Waals surface area contributed by atoms with Gasteiger partial charge in [0.15, 0.2) is 5.96 Å². The minimum absolute atomic E-state index is 0. The van der Waals surface area contributed by atoms with E-state index in [2.05, 4.69) is 68.5 Å². The monoisotopic (exact) mass is 486 g/mol. The van der Waals surface area contributed by atoms with Gasteiger partial charge in [0, 0.05) is 30.6 Å². The lowest BCUT2D eigenvalue weighted by Gasteiger charge is -2.38. The number of para-hydroxylation sites is 1. The molecule has 0 bridgehead atoms. The average Bonchev–Trinajstić information content (AvgIpc) is 3.43. The van der Waals surface area contributed by atoms with Crippen LogP contribution >= 0.6 is 24.0 Å². The van der Waals surface area contributed by atoms with Gasteiger partial charge in [-0.05, 0) is 53.7 Å². The Labute approximate surface area is 181 Å². The third kappa shape index (κ3) is 5.98. The summed E-state index contributed by atoms with van der Waals surface area (Å²) >= 11 is 0. The van der Waals surface area contributed by atoms with E-state index in [1.807, 2.05) is 6.07 Å². The molecular weight excluding hydrogens is 451 g/mol. The Kier molecular flexibility index (Phi) is 7.80. The molecule has 2 atom stereocenters. The summed E-state index contributed by atoms with van der Waals surface area (Å²) in [4.78, 5) is 7.33. The SMILES string of the molecule is CCNC(=NCC(C)N(C)C1CC1)NC1CC(C)(C)Oc2ccccc21.I. The van der Waals surface area contributed by atoms with E-state index in [0.717, 1.165) is 37.3 Å². The van der Waals surface area contributed by atoms with Crippen molar-refractivity contribution in [2.24, 2.45) is 4.99 Å². The minimum Gasteiger partial charge on any atom is -0.487 e. The highest BCUT2D eigenvalue weighted by Gasteiger charge is 2.34. The normalized spacial score (nSPS) is 22.3. The topological polar surface area (TPSA) is 48.9 Å². The van der Waals surface area contributed by atoms with Crippen LogP contribution in [0, 0.1) is 0 Å². The molecule has 0 radical (unpaired) electrons. The summed E-state index contributed by atoms with van der Waals surface area (Å²) in [5.41, 5.74) is 1.02. The number of ether oxygens (including phenoxy) is 1. The van der Waals surface area contributed by atoms with Crippen LogP contribution in [0.2, 0.25) is 0 Å². The van der Waals surface area contributed by atoms with Gasteiger partial charge >= 0.3 is 0 Å². The van der Waals surface area contributed by atoms with Crippen LogP contribution in [-0.2, 0) is 0 Å². The molecule has 1 fully saturated rings. The molecule has 0 spiro atoms. The number of aliphatic imine (C=N–C) groups is 1. The quantitative estimate of drug-likeness (QED) is 0.363. The van der Waals surface area contributed by atoms with Crippen LogP contribution in [0.25, 0.3) is 0 Å². The van der Waals surface area contributed by atoms with Crippen molar-refractivity contribution in [1.29, 1.82) is 0 Å². The molecule has 1 aromatic carbocycles. The lowest BCUT2D eigenvalue weighted by Crippen LogP contribution is -2.46. The largest absolute Gasteiger partial charge is 0.487 e. The second kappa shape index (κ2) is 9.45. The first-order valence-electron chi connectivity index (χ1n) is 9.94. The molecule has 1 aromatic rings. The van der Waals surface area contributed by atoms with Crippen LogP contribution in [-0.4, -0.2) is 48.7 Å². The number of fused-ring (bicyclic) bond motifs is 1. The highest BCUT2D eigenvalue weighted by molar-refractivity contribution is 14.0. The molecule has 2 aliphatic rings. The Morgan fingerprint density at radius 3 is 2.70 bits per heavy atom. The zero-order valence-electron chi connectivity index (χ0n) is 17.3. The Bertz CT molecular complexity index is 645. The molecule has 1 aliphatic carbocycles. The molecule has 5 nitrogen and oxygen atoms in total. The van der Waals surface area contributed by atoms with Crippen molar-refractivity contribution in [3.63, 3.8) is 0 Å². The first-order valence-corrected chi connectivity index (χ1v) is 9.94. The van der Waals surface area contributed by atoms with Crippen LogP contribution in [0.1, 0.15) is 58.6 Å². The fourth-order valence-corrected chi connectivity index (χ4v) is 3.61. The maximum Gasteiger partial charge on any atom is 0.191 e. The molecule has 2 N–H and O–H groups in total. The Balaban J connectivity index is 0.00000261. The predicted octanol–water partition coefficient (Wildman–Crippen LogP) is 3.94. The molecule has 6 heteroatoms. The Morgan fingerprint density at radius 2 is 2.04 bits per heavy atom. The molecule has 0 aromatic heterocycles. The number of rotatable bonds is 6. The molecule has 152 valence electrons. The lowest BCUT2D eigenvalue weighted by molar-refractivity contribution is 0.0694. The van der Waals surface area contributed by atoms with Gasteiger partial charge in [-0.1, -0.05) is 18.2 Å². The number of halogens is 1. The fourth-order valence-electron chi connectivity index (χ4n) is 3.61. The number of hydrogen-bond acceptors (Lipinski definition) is 3. The molecule has 1 aliphatic heterocycles. The van der Waals surface area contributed by atoms with Crippen molar-refractivity contribution >= 4 is 29.9 Å². The van der Waals surface area contributed by atoms with Crippen molar-refractivity contribution in [3.8, 4) is 5.75 Å². The van der Waals surface area contributed by atoms with Gasteiger partial charge in [0.05, 0.1) is 12.6 Å². The van der Waals surface area contributed by atoms with Crippen molar-refractivity contribution in [2.75, 3.05) is 20.1 Å². The molecule has 1 heterocycles. The number of benzene rings is 1. The van der Waals surface area contributed by atoms with Gasteiger partial charge in [-0.3, -0.25) is 9.89 Å². The summed E-state index contributed by atoms with van der Waals surface area (Å²) in [6.07, 6.45) is 3.57. The van der Waals surface area contributed by atoms with Crippen molar-refractivity contribution in [1.82, 2.24) is 15.5 Å². The van der Waals surface area contributed by atoms with Gasteiger partial charge in [-0.2, -0.15) is 0 Å². The van der Waals surface area contributed by atoms with Gasteiger partial charge < -0.3 is 15.4 Å². The van der Waals surface area contributed by atoms with Crippen LogP contribution in [0.15, 0.2) is 29.3 Å². The fraction of sp³-hybridized carbons (Fsp3) is 0.667. The lowest BCUT2D eigenvalue weighted by atomic mass is 9.90. The van der Waals surface area contributed by atoms with Gasteiger partial charge in [0.1, 0.15) is 11.4 Å². The first kappa shape index (κ1) is 22.3. The summed E-state index contributed by atoms with van der Waals surface area (Å²) in [6.45, 7) is 10.3. The minimum atomic E-state index is -0.192. The standard InChI is InChI=1S/C21H34N4O.HI/c1-6-22-20(23-14-15(2)25(5)16-11-12-16)24-18-13-21(3,4)26-19-10-8-7-9-17(18)19;/h7-10,15-16,18H,6,11-14H2,1-5H3,(H2,22,23,24);1H. The van der Waals surface area contributed by atoms with E-state index in [-0.39, 0.29) is 35.6 Å². The number of hydrogen-bond donors (Lipinski definition) is 2. The Morgan fingerprint density at radius 1 is 1.33 bits per heavy atom. The van der Waals surface area contributed by atoms with Crippen molar-refractivity contribution in [3.05, 3.63) is 29.8 Å². The highest BCUT2D eigenvalue weighted by atomic mass is 127. The van der Waals surface area contributed by atoms with E-state index in [1.54, 1.807) is 0 Å². The molecule has 2 unspecified atom stereocenters. The van der Waals surface area contributed by atoms with E-state index >= 15 is 0 Å². The van der Waals surface area contributed by atoms with Crippen LogP contribution < -0.4 is 15.4 Å². The molecule has 1 saturated carbocycles. The van der Waals surface area contributed by atoms with E-state index in [9.17, 15) is 0 Å². The molecule has 3 rings (SSSR count). The van der Waals surface area contributed by atoms with Gasteiger partial charge in [-0.15, -0.1) is 24.0 Å². The number of guanidine groups is 1. The first-order chi connectivity index (χ1) is 12.4. The summed E-state index contributed by atoms with van der Waals surface area (Å²) in [5, 5.41) is 7.05. The number of nitrogens with zero attached hydrogens (tertiary/aromatic N) is 2. The van der Waals surface area contributed by atoms with Crippen molar-refractivity contribution in [2.45, 2.75) is 70.7 Å². The third-order valence-corrected chi connectivity index (χ3v) is 5.36. The predicted molar refractivity (Wildman–Crippen MR) is 123 cm³/mol. The second-order valence-electron chi connectivity index (χ2n) is 8.27. The molecule has 0 amide bonds. The van der Waals surface area contributed by atoms with E-state index < -0.39 is 0 Å². The summed E-state index contributed by atoms with van der Waals surface area (Å²) in [6, 6.07) is 9.73. The summed E-state index contributed by atoms with van der Waals surface area (Å²) < 4.78 is 6.15. The summed E-state index contributed by atoms with van der Waals surface area (Å²) in [5.74, 6) is 1.86. The highest BCUT2D eigenvalue weighted by Crippen LogP contribution is 2.39. The van der Waals surface area contributed by atoms with Gasteiger partial charge in [0.2, 0.25) is 0 Å². The third-order valence-electron chi connectivity index (χ3n) is 5.36. The van der Waals surface area contributed by atoms with Gasteiger partial charge in [0.25, 0.3) is 0 Å². The molecule has 27 heavy (non-hydrogen) atoms. The number of nitrogens with one attached hydrogen (secondary N) is 2. The molecular formula is C21H35IN4O. The summed E-state index contributed by atoms with van der Waals surface area (Å²) in [7, 11) is 2.22. The zero-order chi connectivity index (χ0) is 18.7. The van der Waals surface area contributed by atoms with Crippen LogP contribution in [0.3, 0.4) is 0 Å².